The first-order valence-electron chi connectivity index (χ1n) is 10.9. The Balaban J connectivity index is 1.92. The lowest BCUT2D eigenvalue weighted by Crippen LogP contribution is -2.31. The lowest BCUT2D eigenvalue weighted by molar-refractivity contribution is -0.384. The Morgan fingerprint density at radius 2 is 1.60 bits per heavy atom. The molecule has 180 valence electrons. The number of anilines is 1. The first kappa shape index (κ1) is 25.6. The van der Waals surface area contributed by atoms with Crippen LogP contribution < -0.4 is 10.6 Å². The normalized spacial score (nSPS) is 11.6. The standard InChI is InChI=1S/C27H26ClN3O4/c1-17-5-12-21(28)16-23(17)29-26(33)24(15-18-6-13-22(14-7-18)31(34)35)30-25(32)19-8-10-20(11-9-19)27(2,3)4/h5-16H,1-4H3,(H,29,33)(H,30,32)/b24-15-. The smallest absolute Gasteiger partial charge is 0.272 e. The van der Waals surface area contributed by atoms with Crippen molar-refractivity contribution in [2.75, 3.05) is 5.32 Å². The largest absolute Gasteiger partial charge is 0.320 e. The fourth-order valence-corrected chi connectivity index (χ4v) is 3.42. The minimum atomic E-state index is -0.562. The third-order valence-electron chi connectivity index (χ3n) is 5.37. The van der Waals surface area contributed by atoms with Gasteiger partial charge in [-0.25, -0.2) is 0 Å². The summed E-state index contributed by atoms with van der Waals surface area (Å²) in [6.45, 7) is 8.06. The number of nitro benzene ring substituents is 1. The zero-order chi connectivity index (χ0) is 25.8. The second-order valence-electron chi connectivity index (χ2n) is 9.10. The summed E-state index contributed by atoms with van der Waals surface area (Å²) in [4.78, 5) is 36.6. The molecule has 35 heavy (non-hydrogen) atoms. The molecular formula is C27H26ClN3O4. The van der Waals surface area contributed by atoms with E-state index in [1.807, 2.05) is 19.1 Å². The van der Waals surface area contributed by atoms with E-state index in [0.29, 0.717) is 21.8 Å². The number of halogens is 1. The predicted molar refractivity (Wildman–Crippen MR) is 139 cm³/mol. The minimum Gasteiger partial charge on any atom is -0.320 e. The predicted octanol–water partition coefficient (Wildman–Crippen LogP) is 6.26. The van der Waals surface area contributed by atoms with Gasteiger partial charge < -0.3 is 10.6 Å². The molecule has 0 saturated carbocycles. The number of nitrogens with one attached hydrogen (secondary N) is 2. The number of carbonyl (C=O) groups excluding carboxylic acids is 2. The molecule has 3 aromatic carbocycles. The summed E-state index contributed by atoms with van der Waals surface area (Å²) in [5.41, 5.74) is 3.09. The zero-order valence-corrected chi connectivity index (χ0v) is 20.6. The van der Waals surface area contributed by atoms with Gasteiger partial charge in [-0.3, -0.25) is 19.7 Å². The van der Waals surface area contributed by atoms with Gasteiger partial charge in [-0.15, -0.1) is 0 Å². The number of carbonyl (C=O) groups is 2. The van der Waals surface area contributed by atoms with Crippen LogP contribution in [0.1, 0.15) is 47.8 Å². The Morgan fingerprint density at radius 1 is 0.971 bits per heavy atom. The van der Waals surface area contributed by atoms with E-state index in [1.165, 1.54) is 30.3 Å². The lowest BCUT2D eigenvalue weighted by Gasteiger charge is -2.19. The second kappa shape index (κ2) is 10.5. The molecule has 0 fully saturated rings. The highest BCUT2D eigenvalue weighted by molar-refractivity contribution is 6.31. The molecule has 2 amide bonds. The molecule has 3 aromatic rings. The van der Waals surface area contributed by atoms with E-state index in [-0.39, 0.29) is 16.8 Å². The van der Waals surface area contributed by atoms with Gasteiger partial charge >= 0.3 is 0 Å². The molecule has 3 rings (SSSR count). The second-order valence-corrected chi connectivity index (χ2v) is 9.54. The van der Waals surface area contributed by atoms with Gasteiger partial charge in [-0.2, -0.15) is 0 Å². The number of nitrogens with zero attached hydrogens (tertiary/aromatic N) is 1. The topological polar surface area (TPSA) is 101 Å². The first-order chi connectivity index (χ1) is 16.4. The third-order valence-corrected chi connectivity index (χ3v) is 5.60. The highest BCUT2D eigenvalue weighted by Crippen LogP contribution is 2.23. The molecule has 8 heteroatoms. The molecule has 2 N–H and O–H groups in total. The molecule has 0 saturated heterocycles. The quantitative estimate of drug-likeness (QED) is 0.241. The number of non-ortho nitro benzene ring substituents is 1. The SMILES string of the molecule is Cc1ccc(Cl)cc1NC(=O)/C(=C/c1ccc([N+](=O)[O-])cc1)NC(=O)c1ccc(C(C)(C)C)cc1. The Kier molecular flexibility index (Phi) is 7.71. The van der Waals surface area contributed by atoms with Gasteiger partial charge in [0, 0.05) is 28.4 Å². The Labute approximate surface area is 209 Å². The minimum absolute atomic E-state index is 0.0249. The molecule has 0 aliphatic heterocycles. The number of hydrogen-bond acceptors (Lipinski definition) is 4. The van der Waals surface area contributed by atoms with E-state index >= 15 is 0 Å². The van der Waals surface area contributed by atoms with Crippen molar-refractivity contribution in [1.29, 1.82) is 0 Å². The van der Waals surface area contributed by atoms with Crippen LogP contribution >= 0.6 is 11.6 Å². The summed E-state index contributed by atoms with van der Waals surface area (Å²) >= 11 is 6.07. The molecule has 0 bridgehead atoms. The van der Waals surface area contributed by atoms with Crippen LogP contribution in [0.2, 0.25) is 5.02 Å². The Bertz CT molecular complexity index is 1290. The van der Waals surface area contributed by atoms with Crippen LogP contribution in [-0.2, 0) is 10.2 Å². The van der Waals surface area contributed by atoms with E-state index in [4.69, 9.17) is 11.6 Å². The van der Waals surface area contributed by atoms with Gasteiger partial charge in [-0.1, -0.05) is 50.6 Å². The van der Waals surface area contributed by atoms with Crippen molar-refractivity contribution in [2.24, 2.45) is 0 Å². The van der Waals surface area contributed by atoms with E-state index in [1.54, 1.807) is 30.3 Å². The third kappa shape index (κ3) is 6.77. The summed E-state index contributed by atoms with van der Waals surface area (Å²) in [6.07, 6.45) is 1.46. The molecule has 0 radical (unpaired) electrons. The number of hydrogen-bond donors (Lipinski definition) is 2. The van der Waals surface area contributed by atoms with Crippen LogP contribution in [0.25, 0.3) is 6.08 Å². The average Bonchev–Trinajstić information content (AvgIpc) is 2.80. The van der Waals surface area contributed by atoms with Crippen molar-refractivity contribution in [3.05, 3.63) is 110 Å². The summed E-state index contributed by atoms with van der Waals surface area (Å²) in [7, 11) is 0. The molecule has 7 nitrogen and oxygen atoms in total. The van der Waals surface area contributed by atoms with E-state index in [2.05, 4.69) is 31.4 Å². The highest BCUT2D eigenvalue weighted by Gasteiger charge is 2.18. The Hall–Kier alpha value is -3.97. The summed E-state index contributed by atoms with van der Waals surface area (Å²) in [6, 6.07) is 17.9. The van der Waals surface area contributed by atoms with E-state index < -0.39 is 16.7 Å². The van der Waals surface area contributed by atoms with Crippen molar-refractivity contribution in [1.82, 2.24) is 5.32 Å². The molecule has 0 atom stereocenters. The van der Waals surface area contributed by atoms with E-state index in [9.17, 15) is 19.7 Å². The van der Waals surface area contributed by atoms with Crippen molar-refractivity contribution in [3.8, 4) is 0 Å². The summed E-state index contributed by atoms with van der Waals surface area (Å²) in [5, 5.41) is 16.9. The molecule has 0 heterocycles. The fourth-order valence-electron chi connectivity index (χ4n) is 3.25. The van der Waals surface area contributed by atoms with Gasteiger partial charge in [0.2, 0.25) is 0 Å². The maximum atomic E-state index is 13.2. The molecule has 0 unspecified atom stereocenters. The number of nitro groups is 1. The van der Waals surface area contributed by atoms with Gasteiger partial charge in [-0.05, 0) is 71.5 Å². The summed E-state index contributed by atoms with van der Waals surface area (Å²) < 4.78 is 0. The maximum Gasteiger partial charge on any atom is 0.272 e. The number of benzene rings is 3. The molecule has 0 aliphatic carbocycles. The van der Waals surface area contributed by atoms with Crippen molar-refractivity contribution < 1.29 is 14.5 Å². The van der Waals surface area contributed by atoms with Gasteiger partial charge in [0.1, 0.15) is 5.70 Å². The lowest BCUT2D eigenvalue weighted by atomic mass is 9.87. The van der Waals surface area contributed by atoms with Gasteiger partial charge in [0.05, 0.1) is 4.92 Å². The van der Waals surface area contributed by atoms with Crippen LogP contribution in [0.4, 0.5) is 11.4 Å². The van der Waals surface area contributed by atoms with Gasteiger partial charge in [0.25, 0.3) is 17.5 Å². The van der Waals surface area contributed by atoms with Crippen LogP contribution in [0.3, 0.4) is 0 Å². The number of rotatable bonds is 6. The maximum absolute atomic E-state index is 13.2. The van der Waals surface area contributed by atoms with Crippen LogP contribution in [0, 0.1) is 17.0 Å². The van der Waals surface area contributed by atoms with Crippen LogP contribution in [0.15, 0.2) is 72.4 Å². The highest BCUT2D eigenvalue weighted by atomic mass is 35.5. The van der Waals surface area contributed by atoms with Crippen LogP contribution in [-0.4, -0.2) is 16.7 Å². The van der Waals surface area contributed by atoms with Crippen molar-refractivity contribution >= 4 is 40.9 Å². The molecule has 0 spiro atoms. The fraction of sp³-hybridized carbons (Fsp3) is 0.185. The molecular weight excluding hydrogens is 466 g/mol. The van der Waals surface area contributed by atoms with Crippen LogP contribution in [0.5, 0.6) is 0 Å². The van der Waals surface area contributed by atoms with Crippen molar-refractivity contribution in [2.45, 2.75) is 33.1 Å². The number of amides is 2. The van der Waals surface area contributed by atoms with Crippen molar-refractivity contribution in [3.63, 3.8) is 0 Å². The zero-order valence-electron chi connectivity index (χ0n) is 19.9. The monoisotopic (exact) mass is 491 g/mol. The average molecular weight is 492 g/mol. The van der Waals surface area contributed by atoms with E-state index in [0.717, 1.165) is 11.1 Å². The first-order valence-corrected chi connectivity index (χ1v) is 11.3. The Morgan fingerprint density at radius 3 is 2.17 bits per heavy atom. The van der Waals surface area contributed by atoms with Gasteiger partial charge in [0.15, 0.2) is 0 Å². The summed E-state index contributed by atoms with van der Waals surface area (Å²) in [5.74, 6) is -1.02. The molecule has 0 aliphatic rings. The number of aryl methyl sites for hydroxylation is 1. The molecule has 0 aromatic heterocycles.